The molecule has 0 bridgehead atoms. The number of carboxylic acids is 1. The molecule has 0 unspecified atom stereocenters. The molecule has 1 aliphatic heterocycles. The van der Waals surface area contributed by atoms with Crippen molar-refractivity contribution in [3.05, 3.63) is 0 Å². The molecule has 5 nitrogen and oxygen atoms in total. The van der Waals surface area contributed by atoms with E-state index in [1.54, 1.807) is 0 Å². The lowest BCUT2D eigenvalue weighted by Gasteiger charge is -2.41. The third-order valence-electron chi connectivity index (χ3n) is 2.12. The smallest absolute Gasteiger partial charge is 0.305 e. The predicted octanol–water partition coefficient (Wildman–Crippen LogP) is -0.0197. The molecular weight excluding hydrogens is 184 g/mol. The second-order valence-corrected chi connectivity index (χ2v) is 4.26. The highest BCUT2D eigenvalue weighted by molar-refractivity contribution is 5.68. The topological polar surface area (TPSA) is 70.6 Å². The molecule has 1 saturated heterocycles. The summed E-state index contributed by atoms with van der Waals surface area (Å²) >= 11 is 0. The van der Waals surface area contributed by atoms with Crippen molar-refractivity contribution in [3.8, 4) is 0 Å². The first-order valence-corrected chi connectivity index (χ1v) is 4.85. The van der Waals surface area contributed by atoms with Crippen LogP contribution in [0.3, 0.4) is 0 Å². The van der Waals surface area contributed by atoms with Crippen molar-refractivity contribution in [2.24, 2.45) is 5.92 Å². The van der Waals surface area contributed by atoms with Gasteiger partial charge >= 0.3 is 5.97 Å². The van der Waals surface area contributed by atoms with E-state index < -0.39 is 11.5 Å². The van der Waals surface area contributed by atoms with Gasteiger partial charge in [-0.3, -0.25) is 4.79 Å². The van der Waals surface area contributed by atoms with Gasteiger partial charge in [0.1, 0.15) is 0 Å². The van der Waals surface area contributed by atoms with Gasteiger partial charge in [0.15, 0.2) is 0 Å². The molecule has 0 aromatic carbocycles. The summed E-state index contributed by atoms with van der Waals surface area (Å²) in [4.78, 5) is 15.8. The number of hydrogen-bond donors (Lipinski definition) is 3. The summed E-state index contributed by atoms with van der Waals surface area (Å²) in [5, 5.41) is 11.7. The Kier molecular flexibility index (Phi) is 3.86. The number of nitrogens with one attached hydrogen (secondary N) is 2. The maximum absolute atomic E-state index is 10.6. The van der Waals surface area contributed by atoms with Crippen molar-refractivity contribution < 1.29 is 14.7 Å². The van der Waals surface area contributed by atoms with Gasteiger partial charge in [0, 0.05) is 13.1 Å². The maximum atomic E-state index is 10.6. The van der Waals surface area contributed by atoms with Crippen molar-refractivity contribution in [3.63, 3.8) is 0 Å². The van der Waals surface area contributed by atoms with Gasteiger partial charge in [0.25, 0.3) is 0 Å². The van der Waals surface area contributed by atoms with Crippen LogP contribution >= 0.6 is 0 Å². The minimum atomic E-state index is -0.799. The van der Waals surface area contributed by atoms with Crippen LogP contribution in [0.5, 0.6) is 0 Å². The Balaban J connectivity index is 2.27. The molecule has 3 N–H and O–H groups in total. The molecule has 1 aliphatic rings. The van der Waals surface area contributed by atoms with Crippen LogP contribution in [0.1, 0.15) is 20.3 Å². The molecule has 5 heteroatoms. The zero-order chi connectivity index (χ0) is 10.6. The average Bonchev–Trinajstić information content (AvgIpc) is 1.98. The molecule has 0 amide bonds. The van der Waals surface area contributed by atoms with Gasteiger partial charge in [-0.15, -0.1) is 0 Å². The molecule has 1 fully saturated rings. The molecule has 0 spiro atoms. The van der Waals surface area contributed by atoms with Gasteiger partial charge < -0.3 is 15.3 Å². The van der Waals surface area contributed by atoms with E-state index in [0.29, 0.717) is 25.6 Å². The molecule has 0 aliphatic carbocycles. The van der Waals surface area contributed by atoms with E-state index in [1.165, 1.54) is 0 Å². The largest absolute Gasteiger partial charge is 0.481 e. The van der Waals surface area contributed by atoms with Crippen LogP contribution in [0.15, 0.2) is 0 Å². The van der Waals surface area contributed by atoms with Crippen LogP contribution in [0.2, 0.25) is 0 Å². The van der Waals surface area contributed by atoms with Gasteiger partial charge in [-0.1, -0.05) is 13.8 Å². The van der Waals surface area contributed by atoms with Crippen LogP contribution in [-0.4, -0.2) is 36.3 Å². The Labute approximate surface area is 83.8 Å². The minimum Gasteiger partial charge on any atom is -0.481 e. The van der Waals surface area contributed by atoms with Crippen LogP contribution < -0.4 is 10.8 Å². The first-order chi connectivity index (χ1) is 6.54. The highest BCUT2D eigenvalue weighted by Crippen LogP contribution is 2.15. The summed E-state index contributed by atoms with van der Waals surface area (Å²) in [6, 6.07) is 0. The normalized spacial score (nSPS) is 19.4. The lowest BCUT2D eigenvalue weighted by atomic mass is 9.90. The molecule has 14 heavy (non-hydrogen) atoms. The third kappa shape index (κ3) is 3.25. The Bertz CT molecular complexity index is 202. The van der Waals surface area contributed by atoms with Crippen molar-refractivity contribution in [1.29, 1.82) is 0 Å². The van der Waals surface area contributed by atoms with Crippen molar-refractivity contribution >= 4 is 5.97 Å². The van der Waals surface area contributed by atoms with E-state index in [1.807, 2.05) is 13.8 Å². The van der Waals surface area contributed by atoms with E-state index in [0.717, 1.165) is 0 Å². The number of carboxylic acid groups (broad SMARTS) is 1. The van der Waals surface area contributed by atoms with E-state index in [9.17, 15) is 4.79 Å². The van der Waals surface area contributed by atoms with E-state index >= 15 is 0 Å². The van der Waals surface area contributed by atoms with Crippen LogP contribution in [0.25, 0.3) is 0 Å². The second kappa shape index (κ2) is 4.72. The first kappa shape index (κ1) is 11.4. The summed E-state index contributed by atoms with van der Waals surface area (Å²) in [6.07, 6.45) is 0.0953. The Hall–Kier alpha value is -0.650. The summed E-state index contributed by atoms with van der Waals surface area (Å²) < 4.78 is 0. The molecule has 0 radical (unpaired) electrons. The Morgan fingerprint density at radius 1 is 1.64 bits per heavy atom. The average molecular weight is 202 g/mol. The first-order valence-electron chi connectivity index (χ1n) is 4.85. The zero-order valence-corrected chi connectivity index (χ0v) is 8.67. The highest BCUT2D eigenvalue weighted by Gasteiger charge is 2.39. The molecule has 0 saturated carbocycles. The minimum absolute atomic E-state index is 0.0953. The van der Waals surface area contributed by atoms with Crippen molar-refractivity contribution in [1.82, 2.24) is 10.8 Å². The third-order valence-corrected chi connectivity index (χ3v) is 2.12. The molecule has 0 aromatic heterocycles. The van der Waals surface area contributed by atoms with Gasteiger partial charge in [-0.2, -0.15) is 5.48 Å². The summed E-state index contributed by atoms with van der Waals surface area (Å²) in [5.41, 5.74) is 2.45. The molecule has 1 heterocycles. The van der Waals surface area contributed by atoms with Gasteiger partial charge in [0.05, 0.1) is 18.6 Å². The van der Waals surface area contributed by atoms with E-state index in [-0.39, 0.29) is 6.42 Å². The number of carbonyl (C=O) groups is 1. The fourth-order valence-corrected chi connectivity index (χ4v) is 1.31. The van der Waals surface area contributed by atoms with Gasteiger partial charge in [0.2, 0.25) is 0 Å². The van der Waals surface area contributed by atoms with Crippen LogP contribution in [0.4, 0.5) is 0 Å². The van der Waals surface area contributed by atoms with E-state index in [4.69, 9.17) is 9.94 Å². The molecular formula is C9H18N2O3. The quantitative estimate of drug-likeness (QED) is 0.528. The number of hydroxylamine groups is 1. The molecule has 82 valence electrons. The maximum Gasteiger partial charge on any atom is 0.305 e. The Morgan fingerprint density at radius 3 is 2.64 bits per heavy atom. The lowest BCUT2D eigenvalue weighted by molar-refractivity contribution is -0.143. The Morgan fingerprint density at radius 2 is 2.29 bits per heavy atom. The fourth-order valence-electron chi connectivity index (χ4n) is 1.31. The highest BCUT2D eigenvalue weighted by atomic mass is 16.6. The summed E-state index contributed by atoms with van der Waals surface area (Å²) in [6.45, 7) is 5.99. The SMILES string of the molecule is CC(C)CONC1(CC(=O)O)CNC1. The number of hydrogen-bond acceptors (Lipinski definition) is 4. The standard InChI is InChI=1S/C9H18N2O3/c1-7(2)4-14-11-9(3-8(12)13)5-10-6-9/h7,10-11H,3-6H2,1-2H3,(H,12,13). The predicted molar refractivity (Wildman–Crippen MR) is 51.8 cm³/mol. The zero-order valence-electron chi connectivity index (χ0n) is 8.67. The summed E-state index contributed by atoms with van der Waals surface area (Å²) in [5.74, 6) is -0.357. The molecule has 0 atom stereocenters. The summed E-state index contributed by atoms with van der Waals surface area (Å²) in [7, 11) is 0. The van der Waals surface area contributed by atoms with Crippen molar-refractivity contribution in [2.45, 2.75) is 25.8 Å². The van der Waals surface area contributed by atoms with E-state index in [2.05, 4.69) is 10.8 Å². The van der Waals surface area contributed by atoms with Crippen molar-refractivity contribution in [2.75, 3.05) is 19.7 Å². The number of rotatable bonds is 6. The fraction of sp³-hybridized carbons (Fsp3) is 0.889. The second-order valence-electron chi connectivity index (χ2n) is 4.26. The number of aliphatic carboxylic acids is 1. The monoisotopic (exact) mass is 202 g/mol. The van der Waals surface area contributed by atoms with Crippen LogP contribution in [-0.2, 0) is 9.63 Å². The molecule has 1 rings (SSSR count). The van der Waals surface area contributed by atoms with Crippen LogP contribution in [0, 0.1) is 5.92 Å². The molecule has 0 aromatic rings. The lowest BCUT2D eigenvalue weighted by Crippen LogP contribution is -2.68. The van der Waals surface area contributed by atoms with Gasteiger partial charge in [-0.05, 0) is 5.92 Å². The van der Waals surface area contributed by atoms with Gasteiger partial charge in [-0.25, -0.2) is 0 Å².